The molecule has 0 radical (unpaired) electrons. The summed E-state index contributed by atoms with van der Waals surface area (Å²) in [6.07, 6.45) is 2.70. The van der Waals surface area contributed by atoms with Gasteiger partial charge >= 0.3 is 0 Å². The highest BCUT2D eigenvalue weighted by atomic mass is 35.5. The molecule has 2 N–H and O–H groups in total. The van der Waals surface area contributed by atoms with Crippen LogP contribution in [-0.2, 0) is 0 Å². The number of benzene rings is 2. The second kappa shape index (κ2) is 10.0. The van der Waals surface area contributed by atoms with Crippen LogP contribution in [0.2, 0.25) is 10.0 Å². The molecule has 2 heterocycles. The lowest BCUT2D eigenvalue weighted by Crippen LogP contribution is -2.45. The number of aliphatic hydroxyl groups excluding tert-OH is 1. The highest BCUT2D eigenvalue weighted by Crippen LogP contribution is 2.28. The van der Waals surface area contributed by atoms with Crippen LogP contribution in [0.5, 0.6) is 5.75 Å². The Kier molecular flexibility index (Phi) is 7.16. The number of hydrogen-bond acceptors (Lipinski definition) is 5. The van der Waals surface area contributed by atoms with Gasteiger partial charge in [0.2, 0.25) is 0 Å². The number of carbonyl (C=O) groups excluding carboxylic acids is 1. The predicted molar refractivity (Wildman–Crippen MR) is 127 cm³/mol. The average molecular weight is 474 g/mol. The number of likely N-dealkylation sites (tertiary alicyclic amines) is 1. The summed E-state index contributed by atoms with van der Waals surface area (Å²) in [5, 5.41) is 15.7. The number of nitrogens with one attached hydrogen (secondary N) is 1. The van der Waals surface area contributed by atoms with Crippen molar-refractivity contribution in [1.29, 1.82) is 0 Å². The number of halogens is 2. The van der Waals surface area contributed by atoms with Crippen LogP contribution >= 0.6 is 23.2 Å². The van der Waals surface area contributed by atoms with Gasteiger partial charge in [-0.15, -0.1) is 0 Å². The Morgan fingerprint density at radius 3 is 2.69 bits per heavy atom. The first kappa shape index (κ1) is 22.8. The molecular formula is C24H25Cl2N3O3. The van der Waals surface area contributed by atoms with Gasteiger partial charge in [-0.2, -0.15) is 0 Å². The highest BCUT2D eigenvalue weighted by Gasteiger charge is 2.24. The first-order chi connectivity index (χ1) is 15.4. The molecular weight excluding hydrogens is 449 g/mol. The number of carbonyl (C=O) groups is 1. The third-order valence-corrected chi connectivity index (χ3v) is 6.62. The first-order valence-corrected chi connectivity index (χ1v) is 11.3. The summed E-state index contributed by atoms with van der Waals surface area (Å²) in [6.45, 7) is 2.09. The topological polar surface area (TPSA) is 74.7 Å². The number of ether oxygens (including phenoxy) is 1. The van der Waals surface area contributed by atoms with E-state index in [0.717, 1.165) is 48.1 Å². The van der Waals surface area contributed by atoms with E-state index in [1.165, 1.54) is 0 Å². The third kappa shape index (κ3) is 5.15. The lowest BCUT2D eigenvalue weighted by molar-refractivity contribution is 0.0831. The normalized spacial score (nSPS) is 16.1. The maximum Gasteiger partial charge on any atom is 0.251 e. The van der Waals surface area contributed by atoms with E-state index in [0.29, 0.717) is 22.2 Å². The van der Waals surface area contributed by atoms with Crippen molar-refractivity contribution in [3.05, 3.63) is 69.8 Å². The van der Waals surface area contributed by atoms with E-state index < -0.39 is 6.10 Å². The minimum absolute atomic E-state index is 0.0800. The van der Waals surface area contributed by atoms with E-state index in [1.54, 1.807) is 31.5 Å². The standard InChI is InChI=1S/C24H25Cl2N3O3/c1-32-17-3-5-22-19(13-17)18(6-9-27-22)23(30)14-29-10-7-16(8-11-29)28-24(31)15-2-4-20(25)21(26)12-15/h2-6,9,12-13,16,23,30H,7-8,10-11,14H2,1H3,(H,28,31)/t23-/m0/s1. The van der Waals surface area contributed by atoms with Crippen LogP contribution in [0.4, 0.5) is 0 Å². The van der Waals surface area contributed by atoms with Gasteiger partial charge in [-0.25, -0.2) is 0 Å². The molecule has 1 atom stereocenters. The molecule has 6 nitrogen and oxygen atoms in total. The molecule has 1 amide bonds. The summed E-state index contributed by atoms with van der Waals surface area (Å²) in [7, 11) is 1.62. The van der Waals surface area contributed by atoms with Crippen molar-refractivity contribution in [2.45, 2.75) is 25.0 Å². The van der Waals surface area contributed by atoms with Gasteiger partial charge in [-0.3, -0.25) is 9.78 Å². The summed E-state index contributed by atoms with van der Waals surface area (Å²) in [5.74, 6) is 0.580. The van der Waals surface area contributed by atoms with Crippen LogP contribution in [0.1, 0.15) is 34.9 Å². The molecule has 168 valence electrons. The largest absolute Gasteiger partial charge is 0.497 e. The van der Waals surface area contributed by atoms with Crippen molar-refractivity contribution in [1.82, 2.24) is 15.2 Å². The van der Waals surface area contributed by atoms with Crippen molar-refractivity contribution in [3.63, 3.8) is 0 Å². The maximum atomic E-state index is 12.5. The molecule has 0 bridgehead atoms. The predicted octanol–water partition coefficient (Wildman–Crippen LogP) is 4.48. The zero-order valence-electron chi connectivity index (χ0n) is 17.7. The monoisotopic (exact) mass is 473 g/mol. The fourth-order valence-corrected chi connectivity index (χ4v) is 4.37. The van der Waals surface area contributed by atoms with Gasteiger partial charge in [-0.1, -0.05) is 23.2 Å². The number of hydrogen-bond donors (Lipinski definition) is 2. The van der Waals surface area contributed by atoms with E-state index in [-0.39, 0.29) is 11.9 Å². The van der Waals surface area contributed by atoms with Gasteiger partial charge in [0.25, 0.3) is 5.91 Å². The average Bonchev–Trinajstić information content (AvgIpc) is 2.81. The van der Waals surface area contributed by atoms with E-state index in [9.17, 15) is 9.90 Å². The summed E-state index contributed by atoms with van der Waals surface area (Å²) in [5.41, 5.74) is 2.16. The minimum Gasteiger partial charge on any atom is -0.497 e. The maximum absolute atomic E-state index is 12.5. The van der Waals surface area contributed by atoms with E-state index in [2.05, 4.69) is 15.2 Å². The number of rotatable bonds is 6. The quantitative estimate of drug-likeness (QED) is 0.551. The first-order valence-electron chi connectivity index (χ1n) is 10.5. The molecule has 0 spiro atoms. The Bertz CT molecular complexity index is 1120. The Balaban J connectivity index is 1.34. The Labute approximate surface area is 197 Å². The van der Waals surface area contributed by atoms with Crippen LogP contribution < -0.4 is 10.1 Å². The van der Waals surface area contributed by atoms with Crippen LogP contribution in [-0.4, -0.2) is 53.7 Å². The number of pyridine rings is 1. The van der Waals surface area contributed by atoms with Gasteiger partial charge in [0.05, 0.1) is 28.8 Å². The smallest absolute Gasteiger partial charge is 0.251 e. The lowest BCUT2D eigenvalue weighted by atomic mass is 10.0. The summed E-state index contributed by atoms with van der Waals surface area (Å²) >= 11 is 11.9. The minimum atomic E-state index is -0.644. The molecule has 3 aromatic rings. The number of β-amino-alcohol motifs (C(OH)–C–C–N with tert-alkyl or cyclic N) is 1. The molecule has 0 unspecified atom stereocenters. The molecule has 1 aliphatic rings. The van der Waals surface area contributed by atoms with Gasteiger partial charge in [-0.05, 0) is 60.9 Å². The van der Waals surface area contributed by atoms with Crippen molar-refractivity contribution in [2.24, 2.45) is 0 Å². The Morgan fingerprint density at radius 1 is 1.19 bits per heavy atom. The van der Waals surface area contributed by atoms with Gasteiger partial charge in [0.15, 0.2) is 0 Å². The highest BCUT2D eigenvalue weighted by molar-refractivity contribution is 6.42. The van der Waals surface area contributed by atoms with Gasteiger partial charge < -0.3 is 20.1 Å². The molecule has 1 fully saturated rings. The molecule has 1 aromatic heterocycles. The molecule has 4 rings (SSSR count). The number of amides is 1. The van der Waals surface area contributed by atoms with Crippen LogP contribution in [0, 0.1) is 0 Å². The van der Waals surface area contributed by atoms with E-state index in [1.807, 2.05) is 24.3 Å². The van der Waals surface area contributed by atoms with Gasteiger partial charge in [0.1, 0.15) is 5.75 Å². The zero-order chi connectivity index (χ0) is 22.7. The molecule has 8 heteroatoms. The Morgan fingerprint density at radius 2 is 1.97 bits per heavy atom. The van der Waals surface area contributed by atoms with Crippen molar-refractivity contribution < 1.29 is 14.6 Å². The second-order valence-electron chi connectivity index (χ2n) is 7.98. The molecule has 1 saturated heterocycles. The lowest BCUT2D eigenvalue weighted by Gasteiger charge is -2.33. The number of aromatic nitrogens is 1. The number of piperidine rings is 1. The van der Waals surface area contributed by atoms with Gasteiger partial charge in [0, 0.05) is 42.8 Å². The number of fused-ring (bicyclic) bond motifs is 1. The number of nitrogens with zero attached hydrogens (tertiary/aromatic N) is 2. The van der Waals surface area contributed by atoms with Crippen molar-refractivity contribution in [2.75, 3.05) is 26.7 Å². The Hall–Kier alpha value is -2.38. The zero-order valence-corrected chi connectivity index (χ0v) is 19.2. The van der Waals surface area contributed by atoms with Crippen molar-refractivity contribution in [3.8, 4) is 5.75 Å². The third-order valence-electron chi connectivity index (χ3n) is 5.88. The molecule has 1 aliphatic heterocycles. The molecule has 0 aliphatic carbocycles. The second-order valence-corrected chi connectivity index (χ2v) is 8.79. The van der Waals surface area contributed by atoms with Crippen molar-refractivity contribution >= 4 is 40.0 Å². The fourth-order valence-electron chi connectivity index (χ4n) is 4.07. The summed E-state index contributed by atoms with van der Waals surface area (Å²) in [4.78, 5) is 19.1. The van der Waals surface area contributed by atoms with E-state index in [4.69, 9.17) is 27.9 Å². The molecule has 2 aromatic carbocycles. The van der Waals surface area contributed by atoms with E-state index >= 15 is 0 Å². The van der Waals surface area contributed by atoms with Crippen LogP contribution in [0.3, 0.4) is 0 Å². The fraction of sp³-hybridized carbons (Fsp3) is 0.333. The number of methoxy groups -OCH3 is 1. The summed E-state index contributed by atoms with van der Waals surface area (Å²) in [6, 6.07) is 12.5. The SMILES string of the molecule is COc1ccc2nccc([C@@H](O)CN3CCC(NC(=O)c4ccc(Cl)c(Cl)c4)CC3)c2c1. The summed E-state index contributed by atoms with van der Waals surface area (Å²) < 4.78 is 5.33. The molecule has 32 heavy (non-hydrogen) atoms. The number of aliphatic hydroxyl groups is 1. The molecule has 0 saturated carbocycles. The van der Waals surface area contributed by atoms with Crippen LogP contribution in [0.15, 0.2) is 48.7 Å². The van der Waals surface area contributed by atoms with Crippen LogP contribution in [0.25, 0.3) is 10.9 Å².